The normalized spacial score (nSPS) is 24.9. The van der Waals surface area contributed by atoms with Crippen LogP contribution in [0.1, 0.15) is 47.5 Å². The van der Waals surface area contributed by atoms with Crippen LogP contribution in [0.5, 0.6) is 0 Å². The van der Waals surface area contributed by atoms with Gasteiger partial charge in [0.05, 0.1) is 12.1 Å². The van der Waals surface area contributed by atoms with Crippen molar-refractivity contribution >= 4 is 5.91 Å². The highest BCUT2D eigenvalue weighted by Gasteiger charge is 2.32. The number of likely N-dealkylation sites (tertiary alicyclic amines) is 1. The van der Waals surface area contributed by atoms with Crippen molar-refractivity contribution in [3.05, 3.63) is 0 Å². The van der Waals surface area contributed by atoms with Crippen LogP contribution in [-0.4, -0.2) is 46.7 Å². The van der Waals surface area contributed by atoms with Crippen LogP contribution in [0.15, 0.2) is 0 Å². The molecule has 3 unspecified atom stereocenters. The Balaban J connectivity index is 2.50. The molecule has 2 N–H and O–H groups in total. The van der Waals surface area contributed by atoms with Gasteiger partial charge >= 0.3 is 0 Å². The summed E-state index contributed by atoms with van der Waals surface area (Å²) in [6.07, 6.45) is 1.62. The van der Waals surface area contributed by atoms with E-state index in [9.17, 15) is 9.90 Å². The Hall–Kier alpha value is -0.610. The summed E-state index contributed by atoms with van der Waals surface area (Å²) in [5, 5.41) is 12.7. The molecule has 0 aliphatic carbocycles. The monoisotopic (exact) mass is 256 g/mol. The second-order valence-corrected chi connectivity index (χ2v) is 6.19. The molecule has 1 heterocycles. The number of aliphatic hydroxyl groups excluding tert-OH is 1. The van der Waals surface area contributed by atoms with E-state index >= 15 is 0 Å². The van der Waals surface area contributed by atoms with E-state index in [0.717, 1.165) is 25.9 Å². The van der Waals surface area contributed by atoms with Crippen molar-refractivity contribution in [2.24, 2.45) is 5.92 Å². The van der Waals surface area contributed by atoms with Crippen LogP contribution in [0.2, 0.25) is 0 Å². The lowest BCUT2D eigenvalue weighted by Gasteiger charge is -2.30. The maximum atomic E-state index is 12.2. The van der Waals surface area contributed by atoms with Crippen molar-refractivity contribution in [3.63, 3.8) is 0 Å². The third-order valence-electron chi connectivity index (χ3n) is 4.21. The van der Waals surface area contributed by atoms with Crippen LogP contribution in [-0.2, 0) is 4.79 Å². The summed E-state index contributed by atoms with van der Waals surface area (Å²) in [6.45, 7) is 11.7. The molecule has 0 saturated carbocycles. The number of aliphatic hydroxyl groups is 1. The van der Waals surface area contributed by atoms with Gasteiger partial charge in [0.25, 0.3) is 0 Å². The zero-order valence-electron chi connectivity index (χ0n) is 12.4. The van der Waals surface area contributed by atoms with Crippen LogP contribution in [0.4, 0.5) is 0 Å². The van der Waals surface area contributed by atoms with E-state index in [1.165, 1.54) is 0 Å². The third-order valence-corrected chi connectivity index (χ3v) is 4.21. The van der Waals surface area contributed by atoms with Crippen molar-refractivity contribution in [3.8, 4) is 0 Å². The van der Waals surface area contributed by atoms with Gasteiger partial charge in [-0.05, 0) is 53.0 Å². The number of hydrogen-bond acceptors (Lipinski definition) is 3. The molecule has 0 bridgehead atoms. The molecule has 3 atom stereocenters. The van der Waals surface area contributed by atoms with Gasteiger partial charge in [-0.25, -0.2) is 0 Å². The lowest BCUT2D eigenvalue weighted by molar-refractivity contribution is -0.127. The Morgan fingerprint density at radius 3 is 2.56 bits per heavy atom. The molecule has 0 aromatic carbocycles. The summed E-state index contributed by atoms with van der Waals surface area (Å²) in [6, 6.07) is -0.112. The van der Waals surface area contributed by atoms with Crippen molar-refractivity contribution in [1.29, 1.82) is 0 Å². The fourth-order valence-corrected chi connectivity index (χ4v) is 2.25. The zero-order chi connectivity index (χ0) is 13.9. The minimum Gasteiger partial charge on any atom is -0.393 e. The van der Waals surface area contributed by atoms with Gasteiger partial charge in [0.15, 0.2) is 0 Å². The zero-order valence-corrected chi connectivity index (χ0v) is 12.4. The summed E-state index contributed by atoms with van der Waals surface area (Å²) < 4.78 is 0. The van der Waals surface area contributed by atoms with Crippen LogP contribution in [0.25, 0.3) is 0 Å². The molecule has 0 aromatic heterocycles. The average Bonchev–Trinajstić information content (AvgIpc) is 2.76. The largest absolute Gasteiger partial charge is 0.393 e. The first-order valence-electron chi connectivity index (χ1n) is 7.01. The summed E-state index contributed by atoms with van der Waals surface area (Å²) in [4.78, 5) is 14.3. The Labute approximate surface area is 111 Å². The van der Waals surface area contributed by atoms with E-state index < -0.39 is 0 Å². The molecule has 0 aromatic rings. The molecule has 0 radical (unpaired) electrons. The van der Waals surface area contributed by atoms with Crippen molar-refractivity contribution in [1.82, 2.24) is 10.2 Å². The second kappa shape index (κ2) is 6.02. The number of amides is 1. The molecule has 0 spiro atoms. The summed E-state index contributed by atoms with van der Waals surface area (Å²) in [5.41, 5.74) is -0.144. The van der Waals surface area contributed by atoms with Gasteiger partial charge in [-0.15, -0.1) is 0 Å². The van der Waals surface area contributed by atoms with E-state index in [-0.39, 0.29) is 23.6 Å². The van der Waals surface area contributed by atoms with E-state index in [4.69, 9.17) is 0 Å². The topological polar surface area (TPSA) is 52.6 Å². The predicted octanol–water partition coefficient (Wildman–Crippen LogP) is 1.38. The van der Waals surface area contributed by atoms with Crippen LogP contribution in [0.3, 0.4) is 0 Å². The van der Waals surface area contributed by atoms with Crippen molar-refractivity contribution < 1.29 is 9.90 Å². The Kier molecular flexibility index (Phi) is 5.17. The predicted molar refractivity (Wildman–Crippen MR) is 73.3 cm³/mol. The van der Waals surface area contributed by atoms with Gasteiger partial charge in [0, 0.05) is 12.1 Å². The molecule has 1 rings (SSSR count). The quantitative estimate of drug-likeness (QED) is 0.781. The number of nitrogens with zero attached hydrogens (tertiary/aromatic N) is 1. The van der Waals surface area contributed by atoms with E-state index in [0.29, 0.717) is 5.92 Å². The minimum atomic E-state index is -0.280. The smallest absolute Gasteiger partial charge is 0.237 e. The minimum absolute atomic E-state index is 0.0908. The third kappa shape index (κ3) is 3.95. The standard InChI is InChI=1S/C14H28N2O2/c1-6-14(4,5)15-13(18)10(2)16-8-7-12(9-16)11(3)17/h10-12,17H,6-9H2,1-5H3,(H,15,18). The fraction of sp³-hybridized carbons (Fsp3) is 0.929. The molecule has 106 valence electrons. The molecule has 18 heavy (non-hydrogen) atoms. The molecule has 1 saturated heterocycles. The fourth-order valence-electron chi connectivity index (χ4n) is 2.25. The Morgan fingerprint density at radius 1 is 1.50 bits per heavy atom. The van der Waals surface area contributed by atoms with Crippen LogP contribution in [0, 0.1) is 5.92 Å². The van der Waals surface area contributed by atoms with Gasteiger partial charge in [0.1, 0.15) is 0 Å². The first-order chi connectivity index (χ1) is 8.26. The Bertz CT molecular complexity index is 290. The van der Waals surface area contributed by atoms with Crippen molar-refractivity contribution in [2.45, 2.75) is 65.1 Å². The van der Waals surface area contributed by atoms with Gasteiger partial charge in [-0.3, -0.25) is 9.69 Å². The highest BCUT2D eigenvalue weighted by atomic mass is 16.3. The maximum Gasteiger partial charge on any atom is 0.237 e. The van der Waals surface area contributed by atoms with Gasteiger partial charge in [-0.1, -0.05) is 6.92 Å². The molecular weight excluding hydrogens is 228 g/mol. The van der Waals surface area contributed by atoms with Gasteiger partial charge < -0.3 is 10.4 Å². The number of hydrogen-bond donors (Lipinski definition) is 2. The number of nitrogens with one attached hydrogen (secondary N) is 1. The molecule has 4 nitrogen and oxygen atoms in total. The summed E-state index contributed by atoms with van der Waals surface area (Å²) >= 11 is 0. The lowest BCUT2D eigenvalue weighted by Crippen LogP contribution is -2.51. The highest BCUT2D eigenvalue weighted by molar-refractivity contribution is 5.82. The van der Waals surface area contributed by atoms with E-state index in [2.05, 4.69) is 17.1 Å². The molecule has 1 fully saturated rings. The second-order valence-electron chi connectivity index (χ2n) is 6.19. The van der Waals surface area contributed by atoms with Crippen molar-refractivity contribution in [2.75, 3.05) is 13.1 Å². The molecule has 1 aliphatic heterocycles. The Morgan fingerprint density at radius 2 is 2.11 bits per heavy atom. The number of rotatable bonds is 5. The lowest BCUT2D eigenvalue weighted by atomic mass is 10.0. The highest BCUT2D eigenvalue weighted by Crippen LogP contribution is 2.22. The van der Waals surface area contributed by atoms with E-state index in [1.54, 1.807) is 0 Å². The van der Waals surface area contributed by atoms with E-state index in [1.807, 2.05) is 27.7 Å². The molecule has 1 amide bonds. The number of carbonyl (C=O) groups excluding carboxylic acids is 1. The summed E-state index contributed by atoms with van der Waals surface area (Å²) in [7, 11) is 0. The molecular formula is C14H28N2O2. The maximum absolute atomic E-state index is 12.2. The van der Waals surface area contributed by atoms with Gasteiger partial charge in [0.2, 0.25) is 5.91 Å². The first kappa shape index (κ1) is 15.4. The molecule has 4 heteroatoms. The van der Waals surface area contributed by atoms with Crippen LogP contribution < -0.4 is 5.32 Å². The van der Waals surface area contributed by atoms with Crippen LogP contribution >= 0.6 is 0 Å². The summed E-state index contributed by atoms with van der Waals surface area (Å²) in [5.74, 6) is 0.396. The SMILES string of the molecule is CCC(C)(C)NC(=O)C(C)N1CCC(C(C)O)C1. The molecule has 1 aliphatic rings. The number of carbonyl (C=O) groups is 1. The van der Waals surface area contributed by atoms with Gasteiger partial charge in [-0.2, -0.15) is 0 Å². The average molecular weight is 256 g/mol. The first-order valence-corrected chi connectivity index (χ1v) is 7.01.